The number of carbonyl (C=O) groups is 1. The molecule has 1 aromatic rings. The van der Waals surface area contributed by atoms with Gasteiger partial charge < -0.3 is 15.8 Å². The van der Waals surface area contributed by atoms with Gasteiger partial charge >= 0.3 is 0 Å². The van der Waals surface area contributed by atoms with Gasteiger partial charge in [-0.3, -0.25) is 4.79 Å². The minimum Gasteiger partial charge on any atom is -0.492 e. The summed E-state index contributed by atoms with van der Waals surface area (Å²) in [6.45, 7) is 3.28. The number of carbonyl (C=O) groups excluding carboxylic acids is 1. The number of ketones is 1. The summed E-state index contributed by atoms with van der Waals surface area (Å²) in [7, 11) is -1.57. The summed E-state index contributed by atoms with van der Waals surface area (Å²) in [5.41, 5.74) is 6.10. The van der Waals surface area contributed by atoms with E-state index in [9.17, 15) is 13.2 Å². The van der Waals surface area contributed by atoms with E-state index in [1.807, 2.05) is 0 Å². The second kappa shape index (κ2) is 6.25. The van der Waals surface area contributed by atoms with E-state index in [2.05, 4.69) is 5.32 Å². The lowest BCUT2D eigenvalue weighted by Crippen LogP contribution is -2.16. The molecule has 6 nitrogen and oxygen atoms in total. The van der Waals surface area contributed by atoms with Gasteiger partial charge in [-0.1, -0.05) is 6.92 Å². The molecule has 1 heterocycles. The highest BCUT2D eigenvalue weighted by Crippen LogP contribution is 2.42. The SMILES string of the molecule is CCS(=O)(=O)CCNc1sc(C(C)=O)c(N)c1OC. The summed E-state index contributed by atoms with van der Waals surface area (Å²) in [5.74, 6) is 0.385. The molecule has 0 fully saturated rings. The zero-order chi connectivity index (χ0) is 14.6. The molecular weight excluding hydrogens is 288 g/mol. The van der Waals surface area contributed by atoms with E-state index in [0.717, 1.165) is 0 Å². The zero-order valence-electron chi connectivity index (χ0n) is 11.1. The van der Waals surface area contributed by atoms with Crippen molar-refractivity contribution < 1.29 is 17.9 Å². The molecule has 108 valence electrons. The minimum atomic E-state index is -3.03. The molecule has 0 radical (unpaired) electrons. The molecule has 8 heteroatoms. The van der Waals surface area contributed by atoms with Gasteiger partial charge in [0.15, 0.2) is 21.4 Å². The molecule has 0 aromatic carbocycles. The molecule has 0 saturated heterocycles. The first-order valence-corrected chi connectivity index (χ1v) is 8.37. The number of hydrogen-bond acceptors (Lipinski definition) is 7. The summed E-state index contributed by atoms with van der Waals surface area (Å²) < 4.78 is 27.9. The predicted molar refractivity (Wildman–Crippen MR) is 78.1 cm³/mol. The first-order chi connectivity index (χ1) is 8.82. The van der Waals surface area contributed by atoms with Crippen LogP contribution in [0.2, 0.25) is 0 Å². The van der Waals surface area contributed by atoms with Crippen LogP contribution >= 0.6 is 11.3 Å². The maximum absolute atomic E-state index is 11.4. The number of methoxy groups -OCH3 is 1. The number of anilines is 2. The molecular formula is C11H18N2O4S2. The van der Waals surface area contributed by atoms with Gasteiger partial charge in [-0.05, 0) is 0 Å². The van der Waals surface area contributed by atoms with Gasteiger partial charge in [-0.15, -0.1) is 11.3 Å². The third-order valence-corrected chi connectivity index (χ3v) is 5.51. The largest absolute Gasteiger partial charge is 0.492 e. The number of Topliss-reactive ketones (excluding diaryl/α,β-unsaturated/α-hetero) is 1. The van der Waals surface area contributed by atoms with Gasteiger partial charge in [0.05, 0.1) is 23.4 Å². The first-order valence-electron chi connectivity index (χ1n) is 5.73. The molecule has 1 rings (SSSR count). The number of rotatable bonds is 7. The fourth-order valence-electron chi connectivity index (χ4n) is 1.47. The standard InChI is InChI=1S/C11H18N2O4S2/c1-4-19(15,16)6-5-13-11-9(17-3)8(12)10(18-11)7(2)14/h13H,4-6,12H2,1-3H3. The van der Waals surface area contributed by atoms with Gasteiger partial charge in [-0.25, -0.2) is 8.42 Å². The highest BCUT2D eigenvalue weighted by Gasteiger charge is 2.19. The second-order valence-corrected chi connectivity index (χ2v) is 7.42. The number of sulfone groups is 1. The monoisotopic (exact) mass is 306 g/mol. The number of nitrogens with one attached hydrogen (secondary N) is 1. The maximum atomic E-state index is 11.4. The van der Waals surface area contributed by atoms with E-state index in [-0.39, 0.29) is 23.8 Å². The van der Waals surface area contributed by atoms with Gasteiger partial charge in [0.1, 0.15) is 5.00 Å². The van der Waals surface area contributed by atoms with Crippen LogP contribution in [0, 0.1) is 0 Å². The van der Waals surface area contributed by atoms with Crippen LogP contribution in [0.1, 0.15) is 23.5 Å². The van der Waals surface area contributed by atoms with E-state index in [0.29, 0.717) is 21.3 Å². The van der Waals surface area contributed by atoms with E-state index >= 15 is 0 Å². The maximum Gasteiger partial charge on any atom is 0.176 e. The Balaban J connectivity index is 2.84. The Bertz CT molecular complexity index is 563. The van der Waals surface area contributed by atoms with Crippen molar-refractivity contribution in [3.05, 3.63) is 4.88 Å². The van der Waals surface area contributed by atoms with Crippen molar-refractivity contribution in [2.24, 2.45) is 0 Å². The summed E-state index contributed by atoms with van der Waals surface area (Å²) in [5, 5.41) is 3.53. The van der Waals surface area contributed by atoms with Crippen LogP contribution < -0.4 is 15.8 Å². The van der Waals surface area contributed by atoms with Crippen LogP contribution in [-0.2, 0) is 9.84 Å². The van der Waals surface area contributed by atoms with Crippen molar-refractivity contribution in [2.45, 2.75) is 13.8 Å². The van der Waals surface area contributed by atoms with E-state index < -0.39 is 9.84 Å². The van der Waals surface area contributed by atoms with E-state index in [1.54, 1.807) is 6.92 Å². The van der Waals surface area contributed by atoms with Crippen LogP contribution in [0.4, 0.5) is 10.7 Å². The average Bonchev–Trinajstić information content (AvgIpc) is 2.66. The average molecular weight is 306 g/mol. The van der Waals surface area contributed by atoms with Gasteiger partial charge in [0.25, 0.3) is 0 Å². The van der Waals surface area contributed by atoms with Gasteiger partial charge in [0.2, 0.25) is 0 Å². The number of thiophene rings is 1. The molecule has 0 unspecified atom stereocenters. The fourth-order valence-corrected chi connectivity index (χ4v) is 3.19. The number of ether oxygens (including phenoxy) is 1. The Kier molecular flexibility index (Phi) is 5.19. The molecule has 0 aliphatic heterocycles. The molecule has 3 N–H and O–H groups in total. The van der Waals surface area contributed by atoms with Gasteiger partial charge in [0, 0.05) is 19.2 Å². The third kappa shape index (κ3) is 3.84. The van der Waals surface area contributed by atoms with Crippen LogP contribution in [0.5, 0.6) is 5.75 Å². The Hall–Kier alpha value is -1.28. The molecule has 0 aliphatic rings. The molecule has 0 aliphatic carbocycles. The van der Waals surface area contributed by atoms with Crippen molar-refractivity contribution in [1.29, 1.82) is 0 Å². The Morgan fingerprint density at radius 2 is 2.11 bits per heavy atom. The van der Waals surface area contributed by atoms with Crippen LogP contribution in [-0.4, -0.2) is 39.4 Å². The summed E-state index contributed by atoms with van der Waals surface area (Å²) in [4.78, 5) is 11.8. The summed E-state index contributed by atoms with van der Waals surface area (Å²) in [6, 6.07) is 0. The highest BCUT2D eigenvalue weighted by atomic mass is 32.2. The lowest BCUT2D eigenvalue weighted by Gasteiger charge is -2.06. The van der Waals surface area contributed by atoms with Crippen molar-refractivity contribution >= 4 is 37.6 Å². The lowest BCUT2D eigenvalue weighted by molar-refractivity contribution is 0.102. The number of nitrogen functional groups attached to an aromatic ring is 1. The fraction of sp³-hybridized carbons (Fsp3) is 0.545. The van der Waals surface area contributed by atoms with Crippen molar-refractivity contribution in [1.82, 2.24) is 0 Å². The molecule has 19 heavy (non-hydrogen) atoms. The zero-order valence-corrected chi connectivity index (χ0v) is 12.8. The smallest absolute Gasteiger partial charge is 0.176 e. The van der Waals surface area contributed by atoms with E-state index in [1.165, 1.54) is 25.4 Å². The van der Waals surface area contributed by atoms with Gasteiger partial charge in [-0.2, -0.15) is 0 Å². The highest BCUT2D eigenvalue weighted by molar-refractivity contribution is 7.91. The van der Waals surface area contributed by atoms with Crippen LogP contribution in [0.15, 0.2) is 0 Å². The molecule has 0 atom stereocenters. The quantitative estimate of drug-likeness (QED) is 0.739. The first kappa shape index (κ1) is 15.8. The minimum absolute atomic E-state index is 0.0276. The summed E-state index contributed by atoms with van der Waals surface area (Å²) >= 11 is 1.17. The Morgan fingerprint density at radius 3 is 2.58 bits per heavy atom. The van der Waals surface area contributed by atoms with E-state index in [4.69, 9.17) is 10.5 Å². The van der Waals surface area contributed by atoms with Crippen molar-refractivity contribution in [2.75, 3.05) is 36.2 Å². The van der Waals surface area contributed by atoms with Crippen molar-refractivity contribution in [3.63, 3.8) is 0 Å². The Morgan fingerprint density at radius 1 is 1.47 bits per heavy atom. The molecule has 0 spiro atoms. The predicted octanol–water partition coefficient (Wildman–Crippen LogP) is 1.39. The Labute approximate surface area is 116 Å². The normalized spacial score (nSPS) is 11.3. The molecule has 1 aromatic heterocycles. The molecule has 0 bridgehead atoms. The second-order valence-electron chi connectivity index (χ2n) is 3.93. The number of hydrogen-bond donors (Lipinski definition) is 2. The molecule has 0 saturated carbocycles. The third-order valence-electron chi connectivity index (χ3n) is 2.56. The summed E-state index contributed by atoms with van der Waals surface area (Å²) in [6.07, 6.45) is 0. The van der Waals surface area contributed by atoms with Crippen molar-refractivity contribution in [3.8, 4) is 5.75 Å². The molecule has 0 amide bonds. The topological polar surface area (TPSA) is 98.5 Å². The van der Waals surface area contributed by atoms with Crippen LogP contribution in [0.3, 0.4) is 0 Å². The lowest BCUT2D eigenvalue weighted by atomic mass is 10.3. The van der Waals surface area contributed by atoms with Crippen LogP contribution in [0.25, 0.3) is 0 Å². The number of nitrogens with two attached hydrogens (primary N) is 1.